The molecule has 4 rings (SSSR count). The van der Waals surface area contributed by atoms with Crippen molar-refractivity contribution in [3.8, 4) is 28.7 Å². The van der Waals surface area contributed by atoms with E-state index < -0.39 is 5.97 Å². The molecule has 0 saturated carbocycles. The lowest BCUT2D eigenvalue weighted by atomic mass is 10.1. The van der Waals surface area contributed by atoms with Crippen LogP contribution in [0.5, 0.6) is 5.75 Å². The lowest BCUT2D eigenvalue weighted by Crippen LogP contribution is -2.06. The minimum Gasteiger partial charge on any atom is -0.491 e. The van der Waals surface area contributed by atoms with Crippen LogP contribution in [0.2, 0.25) is 0 Å². The van der Waals surface area contributed by atoms with E-state index >= 15 is 0 Å². The molecule has 1 aliphatic rings. The Morgan fingerprint density at radius 1 is 1.32 bits per heavy atom. The number of benzene rings is 1. The van der Waals surface area contributed by atoms with E-state index in [1.165, 1.54) is 12.4 Å². The minimum absolute atomic E-state index is 0.160. The molecular weight excluding hydrogens is 322 g/mol. The topological polar surface area (TPSA) is 95.1 Å². The van der Waals surface area contributed by atoms with Gasteiger partial charge >= 0.3 is 5.97 Å². The smallest absolute Gasteiger partial charge is 0.335 e. The molecule has 3 heterocycles. The number of hydrogen-bond donors (Lipinski definition) is 1. The van der Waals surface area contributed by atoms with Crippen molar-refractivity contribution in [1.29, 1.82) is 0 Å². The summed E-state index contributed by atoms with van der Waals surface area (Å²) in [6.45, 7) is 5.16. The van der Waals surface area contributed by atoms with E-state index in [1.54, 1.807) is 12.1 Å². The van der Waals surface area contributed by atoms with Crippen LogP contribution in [0.1, 0.15) is 30.2 Å². The average molecular weight is 339 g/mol. The molecule has 1 aromatic carbocycles. The first-order valence-corrected chi connectivity index (χ1v) is 8.02. The number of hydrogen-bond acceptors (Lipinski definition) is 5. The summed E-state index contributed by atoms with van der Waals surface area (Å²) in [6.07, 6.45) is 3.42. The maximum absolute atomic E-state index is 11.3. The summed E-state index contributed by atoms with van der Waals surface area (Å²) in [5.41, 5.74) is 1.57. The van der Waals surface area contributed by atoms with Gasteiger partial charge in [0.25, 0.3) is 0 Å². The first kappa shape index (κ1) is 15.4. The quantitative estimate of drug-likeness (QED) is 0.788. The van der Waals surface area contributed by atoms with Crippen LogP contribution >= 0.6 is 0 Å². The average Bonchev–Trinajstić information content (AvgIpc) is 3.18. The zero-order valence-electron chi connectivity index (χ0n) is 13.9. The fraction of sp³-hybridized carbons (Fsp3) is 0.294. The molecule has 1 N–H and O–H groups in total. The van der Waals surface area contributed by atoms with Gasteiger partial charge in [-0.1, -0.05) is 0 Å². The monoisotopic (exact) mass is 339 g/mol. The molecule has 0 amide bonds. The second-order valence-electron chi connectivity index (χ2n) is 6.13. The lowest BCUT2D eigenvalue weighted by Gasteiger charge is -2.08. The summed E-state index contributed by atoms with van der Waals surface area (Å²) in [7, 11) is 0. The highest BCUT2D eigenvalue weighted by molar-refractivity contribution is 5.90. The predicted molar refractivity (Wildman–Crippen MR) is 89.5 cm³/mol. The molecule has 25 heavy (non-hydrogen) atoms. The maximum atomic E-state index is 11.3. The number of imidazole rings is 1. The summed E-state index contributed by atoms with van der Waals surface area (Å²) in [5, 5.41) is 13.5. The summed E-state index contributed by atoms with van der Waals surface area (Å²) < 4.78 is 9.51. The van der Waals surface area contributed by atoms with Crippen LogP contribution in [0, 0.1) is 0 Å². The SMILES string of the molecule is CC(C)n1ncnc1-c1cn2c(n1)-c1cc(C(=O)O)ccc1OCC2. The van der Waals surface area contributed by atoms with Gasteiger partial charge in [-0.15, -0.1) is 0 Å². The Hall–Kier alpha value is -3.16. The molecule has 0 fully saturated rings. The molecular formula is C17H17N5O3. The molecule has 8 heteroatoms. The normalized spacial score (nSPS) is 13.1. The molecule has 128 valence electrons. The van der Waals surface area contributed by atoms with Gasteiger partial charge in [0, 0.05) is 12.2 Å². The second kappa shape index (κ2) is 5.73. The number of carbonyl (C=O) groups is 1. The number of ether oxygens (including phenoxy) is 1. The number of carboxylic acids is 1. The van der Waals surface area contributed by atoms with Crippen molar-refractivity contribution in [3.63, 3.8) is 0 Å². The Balaban J connectivity index is 1.87. The third-order valence-corrected chi connectivity index (χ3v) is 4.13. The van der Waals surface area contributed by atoms with Gasteiger partial charge in [-0.2, -0.15) is 5.10 Å². The van der Waals surface area contributed by atoms with Crippen molar-refractivity contribution in [1.82, 2.24) is 24.3 Å². The van der Waals surface area contributed by atoms with E-state index in [2.05, 4.69) is 10.1 Å². The summed E-state index contributed by atoms with van der Waals surface area (Å²) in [5.74, 6) is 1.01. The fourth-order valence-corrected chi connectivity index (χ4v) is 2.94. The summed E-state index contributed by atoms with van der Waals surface area (Å²) >= 11 is 0. The standard InChI is InChI=1S/C17H17N5O3/c1-10(2)22-16(18-9-19-22)13-8-21-5-6-25-14-4-3-11(17(23)24)7-12(14)15(21)20-13/h3-4,7-10H,5-6H2,1-2H3,(H,23,24). The summed E-state index contributed by atoms with van der Waals surface area (Å²) in [6, 6.07) is 4.97. The number of aromatic carboxylic acids is 1. The highest BCUT2D eigenvalue weighted by atomic mass is 16.5. The predicted octanol–water partition coefficient (Wildman–Crippen LogP) is 2.48. The second-order valence-corrected chi connectivity index (χ2v) is 6.13. The van der Waals surface area contributed by atoms with Crippen LogP contribution in [-0.4, -0.2) is 42.0 Å². The number of fused-ring (bicyclic) bond motifs is 3. The van der Waals surface area contributed by atoms with Gasteiger partial charge in [-0.05, 0) is 32.0 Å². The lowest BCUT2D eigenvalue weighted by molar-refractivity contribution is 0.0697. The fourth-order valence-electron chi connectivity index (χ4n) is 2.94. The molecule has 0 spiro atoms. The molecule has 0 unspecified atom stereocenters. The van der Waals surface area contributed by atoms with Gasteiger partial charge < -0.3 is 14.4 Å². The Morgan fingerprint density at radius 2 is 2.16 bits per heavy atom. The maximum Gasteiger partial charge on any atom is 0.335 e. The van der Waals surface area contributed by atoms with Gasteiger partial charge in [0.2, 0.25) is 0 Å². The van der Waals surface area contributed by atoms with Gasteiger partial charge in [-0.3, -0.25) is 0 Å². The van der Waals surface area contributed by atoms with Gasteiger partial charge in [-0.25, -0.2) is 19.4 Å². The molecule has 0 bridgehead atoms. The molecule has 8 nitrogen and oxygen atoms in total. The van der Waals surface area contributed by atoms with Crippen molar-refractivity contribution in [2.75, 3.05) is 6.61 Å². The summed E-state index contributed by atoms with van der Waals surface area (Å²) in [4.78, 5) is 20.3. The number of rotatable bonds is 3. The van der Waals surface area contributed by atoms with Crippen molar-refractivity contribution in [3.05, 3.63) is 36.3 Å². The first-order valence-electron chi connectivity index (χ1n) is 8.02. The van der Waals surface area contributed by atoms with Crippen molar-refractivity contribution in [2.24, 2.45) is 0 Å². The Bertz CT molecular complexity index is 957. The largest absolute Gasteiger partial charge is 0.491 e. The van der Waals surface area contributed by atoms with Crippen LogP contribution in [0.4, 0.5) is 0 Å². The molecule has 0 aliphatic carbocycles. The van der Waals surface area contributed by atoms with Crippen molar-refractivity contribution < 1.29 is 14.6 Å². The minimum atomic E-state index is -0.982. The van der Waals surface area contributed by atoms with Crippen LogP contribution in [0.25, 0.3) is 22.9 Å². The van der Waals surface area contributed by atoms with Crippen LogP contribution in [-0.2, 0) is 6.54 Å². The highest BCUT2D eigenvalue weighted by Crippen LogP contribution is 2.34. The Morgan fingerprint density at radius 3 is 2.92 bits per heavy atom. The Kier molecular flexibility index (Phi) is 3.52. The van der Waals surface area contributed by atoms with Crippen LogP contribution < -0.4 is 4.74 Å². The number of nitrogens with zero attached hydrogens (tertiary/aromatic N) is 5. The number of carboxylic acid groups (broad SMARTS) is 1. The molecule has 2 aromatic heterocycles. The molecule has 1 aliphatic heterocycles. The molecule has 0 saturated heterocycles. The van der Waals surface area contributed by atoms with E-state index in [9.17, 15) is 9.90 Å². The van der Waals surface area contributed by atoms with E-state index in [4.69, 9.17) is 9.72 Å². The van der Waals surface area contributed by atoms with Gasteiger partial charge in [0.1, 0.15) is 30.2 Å². The zero-order valence-corrected chi connectivity index (χ0v) is 13.9. The molecule has 3 aromatic rings. The van der Waals surface area contributed by atoms with Crippen LogP contribution in [0.3, 0.4) is 0 Å². The first-order chi connectivity index (χ1) is 12.0. The van der Waals surface area contributed by atoms with E-state index in [0.29, 0.717) is 41.8 Å². The van der Waals surface area contributed by atoms with Gasteiger partial charge in [0.15, 0.2) is 5.82 Å². The third-order valence-electron chi connectivity index (χ3n) is 4.13. The van der Waals surface area contributed by atoms with E-state index in [0.717, 1.165) is 0 Å². The zero-order chi connectivity index (χ0) is 17.6. The third kappa shape index (κ3) is 2.55. The van der Waals surface area contributed by atoms with Gasteiger partial charge in [0.05, 0.1) is 17.7 Å². The van der Waals surface area contributed by atoms with Crippen LogP contribution in [0.15, 0.2) is 30.7 Å². The molecule has 0 radical (unpaired) electrons. The van der Waals surface area contributed by atoms with Crippen molar-refractivity contribution in [2.45, 2.75) is 26.4 Å². The number of aromatic nitrogens is 5. The van der Waals surface area contributed by atoms with E-state index in [-0.39, 0.29) is 11.6 Å². The molecule has 0 atom stereocenters. The van der Waals surface area contributed by atoms with Crippen molar-refractivity contribution >= 4 is 5.97 Å². The van der Waals surface area contributed by atoms with E-state index in [1.807, 2.05) is 29.3 Å². The Labute approximate surface area is 143 Å². The highest BCUT2D eigenvalue weighted by Gasteiger charge is 2.22.